The van der Waals surface area contributed by atoms with Gasteiger partial charge in [-0.25, -0.2) is 0 Å². The molecule has 542 valence electrons. The van der Waals surface area contributed by atoms with Gasteiger partial charge in [-0.05, 0) is 18.8 Å². The highest BCUT2D eigenvalue weighted by Crippen LogP contribution is 2.70. The van der Waals surface area contributed by atoms with Crippen LogP contribution in [0, 0.1) is 45.3 Å². The van der Waals surface area contributed by atoms with Gasteiger partial charge in [-0.15, -0.1) is 118 Å². The predicted octanol–water partition coefficient (Wildman–Crippen LogP) is 30.8. The van der Waals surface area contributed by atoms with Gasteiger partial charge in [0.2, 0.25) is 0 Å². The maximum absolute atomic E-state index is 8.75. The van der Waals surface area contributed by atoms with E-state index in [-0.39, 0.29) is 0 Å². The van der Waals surface area contributed by atoms with Crippen molar-refractivity contribution in [2.75, 3.05) is 104 Å². The van der Waals surface area contributed by atoms with Crippen LogP contribution in [0.5, 0.6) is 0 Å². The zero-order valence-electron chi connectivity index (χ0n) is 52.2. The molecule has 0 bridgehead atoms. The third kappa shape index (κ3) is 29.0. The van der Waals surface area contributed by atoms with E-state index in [4.69, 9.17) is 21.0 Å². The summed E-state index contributed by atoms with van der Waals surface area (Å²) in [6.45, 7) is 1.43. The number of rotatable bonds is 30. The van der Waals surface area contributed by atoms with Crippen molar-refractivity contribution in [3.05, 3.63) is 134 Å². The summed E-state index contributed by atoms with van der Waals surface area (Å²) >= 11 is 102. The van der Waals surface area contributed by atoms with Gasteiger partial charge in [-0.3, -0.25) is 0 Å². The first kappa shape index (κ1) is 95.2. The molecule has 0 aromatic carbocycles. The van der Waals surface area contributed by atoms with Crippen molar-refractivity contribution < 1.29 is 0 Å². The summed E-state index contributed by atoms with van der Waals surface area (Å²) in [5.74, 6) is 10.2. The van der Waals surface area contributed by atoms with Crippen LogP contribution in [-0.4, -0.2) is 104 Å². The van der Waals surface area contributed by atoms with Crippen LogP contribution in [0.4, 0.5) is 0 Å². The zero-order valence-corrected chi connectivity index (χ0v) is 85.7. The Labute approximate surface area is 774 Å². The first-order valence-corrected chi connectivity index (χ1v) is 61.1. The molecule has 0 atom stereocenters. The number of nitrogens with zero attached hydrogens (tertiary/aromatic N) is 4. The second-order valence-corrected chi connectivity index (χ2v) is 57.5. The van der Waals surface area contributed by atoms with Crippen molar-refractivity contribution in [1.82, 2.24) is 0 Å². The van der Waals surface area contributed by atoms with E-state index >= 15 is 0 Å². The molecule has 0 aromatic rings. The molecule has 44 heteroatoms. The van der Waals surface area contributed by atoms with Crippen LogP contribution >= 0.6 is 479 Å². The minimum absolute atomic E-state index is 0.556. The third-order valence-corrected chi connectivity index (χ3v) is 60.1. The quantitative estimate of drug-likeness (QED) is 0.0192. The Balaban J connectivity index is 0.000000241. The summed E-state index contributed by atoms with van der Waals surface area (Å²) in [5.41, 5.74) is 0. The molecule has 0 fully saturated rings. The normalized spacial score (nSPS) is 19.6. The Hall–Kier alpha value is 8.06. The molecule has 0 aliphatic carbocycles. The Morgan fingerprint density at radius 3 is 0.540 bits per heavy atom. The molecule has 0 unspecified atom stereocenters. The molecule has 0 saturated carbocycles. The van der Waals surface area contributed by atoms with Gasteiger partial charge in [0.25, 0.3) is 0 Å². The molecule has 4 nitrogen and oxygen atoms in total. The molecule has 0 spiro atoms. The largest absolute Gasteiger partial charge is 0.199 e. The van der Waals surface area contributed by atoms with E-state index in [1.54, 1.807) is 100 Å². The fraction of sp³-hybridized carbons (Fsp3) is 0.393. The van der Waals surface area contributed by atoms with Crippen LogP contribution in [-0.2, 0) is 0 Å². The molecule has 0 radical (unpaired) electrons. The smallest absolute Gasteiger partial charge is 0.0717 e. The minimum atomic E-state index is 0.556. The van der Waals surface area contributed by atoms with Crippen LogP contribution in [0.3, 0.4) is 0 Å². The average Bonchev–Trinajstić information content (AvgIpc) is 1.70. The molecule has 100 heavy (non-hydrogen) atoms. The molecule has 10 aliphatic rings. The highest BCUT2D eigenvalue weighted by Gasteiger charge is 2.36. The van der Waals surface area contributed by atoms with Gasteiger partial charge in [0.15, 0.2) is 0 Å². The van der Waals surface area contributed by atoms with E-state index in [0.717, 1.165) is 85.0 Å². The fourth-order valence-electron chi connectivity index (χ4n) is 7.03. The van der Waals surface area contributed by atoms with Crippen molar-refractivity contribution in [3.63, 3.8) is 0 Å². The van der Waals surface area contributed by atoms with E-state index in [0.29, 0.717) is 19.3 Å². The van der Waals surface area contributed by atoms with Gasteiger partial charge in [-0.1, -0.05) is 235 Å². The van der Waals surface area contributed by atoms with Gasteiger partial charge in [0.05, 0.1) is 109 Å². The van der Waals surface area contributed by atoms with Crippen molar-refractivity contribution in [2.24, 2.45) is 0 Å². The van der Waals surface area contributed by atoms with Gasteiger partial charge in [-0.2, -0.15) is 147 Å². The van der Waals surface area contributed by atoms with E-state index in [9.17, 15) is 0 Å². The standard InChI is InChI=1S/C28H28S24.C14H14N2S8.C12H13NS8.C2H3N/c1-35-17-19(49-26(47-17)23-41-11(3-29)12(4-30)42-23)37-9-39-21-22(52-28(51-21)25-45-15(7-33)16(8-34)46-25)40-10-38-20-18(36-2)48-27(50-20)24-43-13(5-31)14(6-32)44-24;15-3-1-5-19-11-12(20-6-2-4-16)24-14(23-11)13-21-9(7-17)10(8-18)22-13;1-16-9-10(17-4-2-3-13)21-12(20-9)11-18-7(5-14)8(6-15)19-11;1-2-3/h29-34H,3-10H2,1-2H3;17-18H,1-2,5-8H2;14-15H,2,4-6H2,1H3;1H3. The SMILES string of the molecule is CC#N.CSC1=C(SCCC#N)SC(=C2SC(CS)=C(CS)S2)S1.CSC1=C(SCSC2=C(SCSC3=C(SC)SC(=C4SC(CS)=C(CS)S4)S3)SC(=C3SC(CS)=C(CS)S3)S2)SC(=C2SC(CS)=C(CS)S2)S1.N#CCCSC1=C(SCCC#N)SC(=C2SC(CS)=C(CS)S2)S1. The lowest BCUT2D eigenvalue weighted by atomic mass is 10.6. The number of nitriles is 4. The summed E-state index contributed by atoms with van der Waals surface area (Å²) in [5, 5.41) is 35.5. The summed E-state index contributed by atoms with van der Waals surface area (Å²) in [6, 6.07) is 8.35. The minimum Gasteiger partial charge on any atom is -0.199 e. The number of thiol groups is 10. The number of hydrogen-bond acceptors (Lipinski definition) is 44. The Morgan fingerprint density at radius 1 is 0.240 bits per heavy atom. The molecular formula is C56H58N4S40. The molecule has 0 saturated heterocycles. The van der Waals surface area contributed by atoms with Crippen LogP contribution < -0.4 is 0 Å². The van der Waals surface area contributed by atoms with Gasteiger partial charge >= 0.3 is 0 Å². The summed E-state index contributed by atoms with van der Waals surface area (Å²) < 4.78 is 27.5. The van der Waals surface area contributed by atoms with Crippen molar-refractivity contribution in [3.8, 4) is 24.3 Å². The van der Waals surface area contributed by atoms with Gasteiger partial charge in [0.1, 0.15) is 0 Å². The van der Waals surface area contributed by atoms with Gasteiger partial charge < -0.3 is 0 Å². The van der Waals surface area contributed by atoms with E-state index in [1.165, 1.54) is 141 Å². The molecule has 0 amide bonds. The Bertz CT molecular complexity index is 3470. The third-order valence-electron chi connectivity index (χ3n) is 11.3. The topological polar surface area (TPSA) is 95.2 Å². The van der Waals surface area contributed by atoms with Crippen LogP contribution in [0.1, 0.15) is 26.2 Å². The lowest BCUT2D eigenvalue weighted by Crippen LogP contribution is -1.80. The zero-order chi connectivity index (χ0) is 72.1. The summed E-state index contributed by atoms with van der Waals surface area (Å²) in [4.78, 5) is 13.3. The Morgan fingerprint density at radius 2 is 0.380 bits per heavy atom. The number of hydrogen-bond donors (Lipinski definition) is 10. The molecule has 10 rings (SSSR count). The first-order chi connectivity index (χ1) is 48.7. The highest BCUT2D eigenvalue weighted by molar-refractivity contribution is 8.48. The fourth-order valence-corrected chi connectivity index (χ4v) is 54.6. The molecule has 0 N–H and O–H groups in total. The average molecular weight is 2070 g/mol. The summed E-state index contributed by atoms with van der Waals surface area (Å²) in [7, 11) is 0. The number of thioether (sulfide) groups is 30. The van der Waals surface area contributed by atoms with Crippen LogP contribution in [0.2, 0.25) is 0 Å². The maximum Gasteiger partial charge on any atom is 0.0717 e. The second-order valence-electron chi connectivity index (χ2n) is 17.5. The van der Waals surface area contributed by atoms with Crippen LogP contribution in [0.15, 0.2) is 134 Å². The van der Waals surface area contributed by atoms with Crippen molar-refractivity contribution in [2.45, 2.75) is 26.2 Å². The lowest BCUT2D eigenvalue weighted by molar-refractivity contribution is 1.24. The van der Waals surface area contributed by atoms with Crippen LogP contribution in [0.25, 0.3) is 0 Å². The molecular weight excluding hydrogens is 2010 g/mol. The van der Waals surface area contributed by atoms with E-state index in [1.807, 2.05) is 259 Å². The summed E-state index contributed by atoms with van der Waals surface area (Å²) in [6.07, 6.45) is 8.24. The monoisotopic (exact) mass is 2070 g/mol. The van der Waals surface area contributed by atoms with Crippen molar-refractivity contribution >= 4 is 479 Å². The molecule has 10 heterocycles. The lowest BCUT2D eigenvalue weighted by Gasteiger charge is -2.07. The highest BCUT2D eigenvalue weighted by atomic mass is 32.3. The first-order valence-electron chi connectivity index (χ1n) is 27.9. The van der Waals surface area contributed by atoms with Crippen molar-refractivity contribution in [1.29, 1.82) is 21.0 Å². The molecule has 0 aromatic heterocycles. The van der Waals surface area contributed by atoms with E-state index in [2.05, 4.69) is 163 Å². The predicted molar refractivity (Wildman–Crippen MR) is 556 cm³/mol. The van der Waals surface area contributed by atoms with Gasteiger partial charge in [0, 0.05) is 160 Å². The Kier molecular flexibility index (Phi) is 50.9. The maximum atomic E-state index is 8.75. The van der Waals surface area contributed by atoms with E-state index < -0.39 is 0 Å². The molecule has 10 aliphatic heterocycles. The second kappa shape index (κ2) is 53.5.